The van der Waals surface area contributed by atoms with Gasteiger partial charge in [-0.2, -0.15) is 0 Å². The number of alkyl halides is 1. The summed E-state index contributed by atoms with van der Waals surface area (Å²) in [7, 11) is 0. The van der Waals surface area contributed by atoms with Crippen molar-refractivity contribution in [3.63, 3.8) is 0 Å². The smallest absolute Gasteiger partial charge is 0.341 e. The van der Waals surface area contributed by atoms with Gasteiger partial charge in [-0.1, -0.05) is 6.07 Å². The Morgan fingerprint density at radius 1 is 1.47 bits per heavy atom. The van der Waals surface area contributed by atoms with Gasteiger partial charge < -0.3 is 10.2 Å². The molecule has 2 N–H and O–H groups in total. The Bertz CT molecular complexity index is 379. The molecule has 82 valence electrons. The predicted octanol–water partition coefficient (Wildman–Crippen LogP) is 1.59. The molecule has 5 heteroatoms. The van der Waals surface area contributed by atoms with E-state index in [-0.39, 0.29) is 5.56 Å². The van der Waals surface area contributed by atoms with Gasteiger partial charge in [-0.25, -0.2) is 13.6 Å². The minimum Gasteiger partial charge on any atom is -0.479 e. The molecule has 0 spiro atoms. The van der Waals surface area contributed by atoms with E-state index in [0.29, 0.717) is 5.56 Å². The summed E-state index contributed by atoms with van der Waals surface area (Å²) in [4.78, 5) is 10.3. The fourth-order valence-corrected chi connectivity index (χ4v) is 1.26. The molecule has 0 aliphatic carbocycles. The minimum atomic E-state index is -2.41. The number of carboxylic acids is 1. The van der Waals surface area contributed by atoms with E-state index in [1.165, 1.54) is 13.0 Å². The van der Waals surface area contributed by atoms with Gasteiger partial charge in [-0.15, -0.1) is 0 Å². The van der Waals surface area contributed by atoms with Crippen molar-refractivity contribution < 1.29 is 23.8 Å². The summed E-state index contributed by atoms with van der Waals surface area (Å²) in [6, 6.07) is 3.32. The number of halogens is 2. The van der Waals surface area contributed by atoms with Gasteiger partial charge in [0, 0.05) is 0 Å². The molecule has 0 aromatic heterocycles. The Kier molecular flexibility index (Phi) is 3.36. The zero-order chi connectivity index (χ0) is 11.6. The number of carboxylic acid groups (broad SMARTS) is 1. The van der Waals surface area contributed by atoms with Gasteiger partial charge >= 0.3 is 5.97 Å². The Balaban J connectivity index is 3.01. The second-order valence-corrected chi connectivity index (χ2v) is 3.19. The van der Waals surface area contributed by atoms with Crippen LogP contribution in [0.5, 0.6) is 0 Å². The van der Waals surface area contributed by atoms with E-state index in [1.54, 1.807) is 0 Å². The molecular weight excluding hydrogens is 206 g/mol. The number of benzene rings is 1. The average molecular weight is 216 g/mol. The molecule has 15 heavy (non-hydrogen) atoms. The Morgan fingerprint density at radius 2 is 2.07 bits per heavy atom. The quantitative estimate of drug-likeness (QED) is 0.806. The molecule has 0 saturated carbocycles. The number of aliphatic hydroxyl groups excluding tert-OH is 1. The molecule has 0 bridgehead atoms. The largest absolute Gasteiger partial charge is 0.479 e. The van der Waals surface area contributed by atoms with Gasteiger partial charge in [-0.05, 0) is 30.2 Å². The summed E-state index contributed by atoms with van der Waals surface area (Å²) >= 11 is 0. The molecule has 1 aromatic rings. The SMILES string of the molecule is Cc1cc(F)ccc1C(O)C(F)C(=O)O. The highest BCUT2D eigenvalue weighted by molar-refractivity contribution is 5.73. The predicted molar refractivity (Wildman–Crippen MR) is 48.6 cm³/mol. The van der Waals surface area contributed by atoms with Gasteiger partial charge in [0.25, 0.3) is 0 Å². The molecule has 2 atom stereocenters. The Hall–Kier alpha value is -1.49. The van der Waals surface area contributed by atoms with Crippen molar-refractivity contribution in [2.24, 2.45) is 0 Å². The summed E-state index contributed by atoms with van der Waals surface area (Å²) in [6.07, 6.45) is -4.18. The molecule has 0 aliphatic rings. The zero-order valence-corrected chi connectivity index (χ0v) is 7.95. The van der Waals surface area contributed by atoms with Gasteiger partial charge in [0.1, 0.15) is 11.9 Å². The van der Waals surface area contributed by atoms with Crippen molar-refractivity contribution >= 4 is 5.97 Å². The average Bonchev–Trinajstić information content (AvgIpc) is 2.15. The van der Waals surface area contributed by atoms with Crippen LogP contribution in [0.3, 0.4) is 0 Å². The molecule has 0 fully saturated rings. The number of hydrogen-bond donors (Lipinski definition) is 2. The maximum absolute atomic E-state index is 12.9. The molecular formula is C10H10F2O3. The molecule has 1 rings (SSSR count). The van der Waals surface area contributed by atoms with E-state index in [9.17, 15) is 18.7 Å². The minimum absolute atomic E-state index is 0.0753. The summed E-state index contributed by atoms with van der Waals surface area (Å²) in [6.45, 7) is 1.47. The summed E-state index contributed by atoms with van der Waals surface area (Å²) in [5.74, 6) is -2.26. The third kappa shape index (κ3) is 2.50. The monoisotopic (exact) mass is 216 g/mol. The van der Waals surface area contributed by atoms with Crippen LogP contribution in [0.1, 0.15) is 17.2 Å². The molecule has 0 amide bonds. The van der Waals surface area contributed by atoms with E-state index < -0.39 is 24.1 Å². The summed E-state index contributed by atoms with van der Waals surface area (Å²) < 4.78 is 25.6. The molecule has 0 saturated heterocycles. The maximum atomic E-state index is 12.9. The van der Waals surface area contributed by atoms with Crippen LogP contribution in [0.2, 0.25) is 0 Å². The lowest BCUT2D eigenvalue weighted by atomic mass is 10.00. The van der Waals surface area contributed by atoms with Gasteiger partial charge in [0.2, 0.25) is 6.17 Å². The van der Waals surface area contributed by atoms with E-state index >= 15 is 0 Å². The highest BCUT2D eigenvalue weighted by Gasteiger charge is 2.28. The van der Waals surface area contributed by atoms with Gasteiger partial charge in [-0.3, -0.25) is 0 Å². The third-order valence-electron chi connectivity index (χ3n) is 2.06. The Labute approximate surface area is 85.0 Å². The van der Waals surface area contributed by atoms with Crippen molar-refractivity contribution in [3.05, 3.63) is 35.1 Å². The lowest BCUT2D eigenvalue weighted by Gasteiger charge is -2.14. The first kappa shape index (κ1) is 11.6. The highest BCUT2D eigenvalue weighted by Crippen LogP contribution is 2.23. The van der Waals surface area contributed by atoms with Crippen LogP contribution in [0.4, 0.5) is 8.78 Å². The van der Waals surface area contributed by atoms with Crippen molar-refractivity contribution in [3.8, 4) is 0 Å². The van der Waals surface area contributed by atoms with Crippen molar-refractivity contribution in [1.29, 1.82) is 0 Å². The molecule has 3 nitrogen and oxygen atoms in total. The fourth-order valence-electron chi connectivity index (χ4n) is 1.26. The van der Waals surface area contributed by atoms with E-state index in [4.69, 9.17) is 5.11 Å². The van der Waals surface area contributed by atoms with Crippen LogP contribution < -0.4 is 0 Å². The normalized spacial score (nSPS) is 14.7. The molecule has 0 heterocycles. The number of aliphatic carboxylic acids is 1. The second-order valence-electron chi connectivity index (χ2n) is 3.19. The van der Waals surface area contributed by atoms with Crippen LogP contribution in [0, 0.1) is 12.7 Å². The van der Waals surface area contributed by atoms with Crippen LogP contribution in [-0.4, -0.2) is 22.4 Å². The van der Waals surface area contributed by atoms with Crippen LogP contribution in [-0.2, 0) is 4.79 Å². The second kappa shape index (κ2) is 4.35. The number of carbonyl (C=O) groups is 1. The van der Waals surface area contributed by atoms with E-state index in [2.05, 4.69) is 0 Å². The van der Waals surface area contributed by atoms with Crippen molar-refractivity contribution in [1.82, 2.24) is 0 Å². The van der Waals surface area contributed by atoms with Crippen LogP contribution >= 0.6 is 0 Å². The lowest BCUT2D eigenvalue weighted by Crippen LogP contribution is -2.23. The van der Waals surface area contributed by atoms with Crippen LogP contribution in [0.25, 0.3) is 0 Å². The standard InChI is InChI=1S/C10H10F2O3/c1-5-4-6(11)2-3-7(5)9(13)8(12)10(14)15/h2-4,8-9,13H,1H3,(H,14,15). The Morgan fingerprint density at radius 3 is 2.53 bits per heavy atom. The van der Waals surface area contributed by atoms with E-state index in [1.807, 2.05) is 0 Å². The number of aliphatic hydroxyl groups is 1. The summed E-state index contributed by atoms with van der Waals surface area (Å²) in [5.41, 5.74) is 0.387. The molecule has 0 aliphatic heterocycles. The molecule has 0 radical (unpaired) electrons. The number of rotatable bonds is 3. The maximum Gasteiger partial charge on any atom is 0.341 e. The highest BCUT2D eigenvalue weighted by atomic mass is 19.1. The van der Waals surface area contributed by atoms with Crippen LogP contribution in [0.15, 0.2) is 18.2 Å². The van der Waals surface area contributed by atoms with E-state index in [0.717, 1.165) is 12.1 Å². The number of hydrogen-bond acceptors (Lipinski definition) is 2. The van der Waals surface area contributed by atoms with Crippen molar-refractivity contribution in [2.75, 3.05) is 0 Å². The zero-order valence-electron chi connectivity index (χ0n) is 7.95. The first-order valence-electron chi connectivity index (χ1n) is 4.24. The number of aryl methyl sites for hydroxylation is 1. The third-order valence-corrected chi connectivity index (χ3v) is 2.06. The molecule has 1 aromatic carbocycles. The lowest BCUT2D eigenvalue weighted by molar-refractivity contribution is -0.147. The first-order chi connectivity index (χ1) is 6.93. The van der Waals surface area contributed by atoms with Gasteiger partial charge in [0.15, 0.2) is 0 Å². The van der Waals surface area contributed by atoms with Gasteiger partial charge in [0.05, 0.1) is 0 Å². The van der Waals surface area contributed by atoms with Crippen molar-refractivity contribution in [2.45, 2.75) is 19.2 Å². The first-order valence-corrected chi connectivity index (χ1v) is 4.24. The molecule has 2 unspecified atom stereocenters. The summed E-state index contributed by atoms with van der Waals surface area (Å²) in [5, 5.41) is 17.7. The fraction of sp³-hybridized carbons (Fsp3) is 0.300. The topological polar surface area (TPSA) is 57.5 Å².